The highest BCUT2D eigenvalue weighted by atomic mass is 32.1. The average Bonchev–Trinajstić information content (AvgIpc) is 3.06. The number of aromatic nitrogens is 1. The summed E-state index contributed by atoms with van der Waals surface area (Å²) < 4.78 is 0. The van der Waals surface area contributed by atoms with Gasteiger partial charge < -0.3 is 10.7 Å². The fourth-order valence-corrected chi connectivity index (χ4v) is 2.66. The number of carbonyl (C=O) groups is 1. The number of H-pyrrole nitrogens is 1. The molecule has 3 N–H and O–H groups in total. The highest BCUT2D eigenvalue weighted by Gasteiger charge is 2.08. The summed E-state index contributed by atoms with van der Waals surface area (Å²) in [6.45, 7) is 0. The van der Waals surface area contributed by atoms with E-state index in [0.29, 0.717) is 11.6 Å². The van der Waals surface area contributed by atoms with Crippen molar-refractivity contribution in [1.29, 1.82) is 0 Å². The Labute approximate surface area is 119 Å². The molecule has 2 aromatic heterocycles. The summed E-state index contributed by atoms with van der Waals surface area (Å²) in [6, 6.07) is 11.4. The zero-order valence-corrected chi connectivity index (χ0v) is 11.4. The summed E-state index contributed by atoms with van der Waals surface area (Å²) >= 11 is 1.53. The van der Waals surface area contributed by atoms with Crippen LogP contribution >= 0.6 is 11.3 Å². The van der Waals surface area contributed by atoms with Crippen molar-refractivity contribution >= 4 is 39.7 Å². The van der Waals surface area contributed by atoms with E-state index < -0.39 is 0 Å². The molecule has 0 saturated carbocycles. The maximum absolute atomic E-state index is 11.7. The molecule has 0 fully saturated rings. The number of benzene rings is 1. The Kier molecular flexibility index (Phi) is 3.30. The van der Waals surface area contributed by atoms with Gasteiger partial charge in [0.15, 0.2) is 5.82 Å². The third-order valence-corrected chi connectivity index (χ3v) is 3.77. The van der Waals surface area contributed by atoms with Crippen LogP contribution in [0.3, 0.4) is 0 Å². The number of carbonyl (C=O) groups excluding carboxylic acids is 1. The molecule has 0 spiro atoms. The number of azo groups is 1. The number of anilines is 1. The van der Waals surface area contributed by atoms with Crippen LogP contribution in [0, 0.1) is 0 Å². The van der Waals surface area contributed by atoms with Crippen molar-refractivity contribution in [3.8, 4) is 0 Å². The minimum absolute atomic E-state index is 0.273. The number of aromatic amines is 1. The Hall–Kier alpha value is -2.47. The summed E-state index contributed by atoms with van der Waals surface area (Å²) in [5.74, 6) is 0.766. The number of nitrogens with two attached hydrogens (primary N) is 1. The summed E-state index contributed by atoms with van der Waals surface area (Å²) in [5, 5.41) is 11.4. The lowest BCUT2D eigenvalue weighted by Crippen LogP contribution is -1.95. The molecule has 2 heterocycles. The van der Waals surface area contributed by atoms with Crippen LogP contribution < -0.4 is 5.73 Å². The van der Waals surface area contributed by atoms with E-state index in [-0.39, 0.29) is 12.3 Å². The lowest BCUT2D eigenvalue weighted by atomic mass is 10.2. The van der Waals surface area contributed by atoms with E-state index in [2.05, 4.69) is 15.2 Å². The van der Waals surface area contributed by atoms with Crippen LogP contribution in [0.2, 0.25) is 0 Å². The van der Waals surface area contributed by atoms with E-state index in [1.165, 1.54) is 11.3 Å². The van der Waals surface area contributed by atoms with Crippen molar-refractivity contribution in [2.75, 3.05) is 5.73 Å². The molecule has 0 atom stereocenters. The van der Waals surface area contributed by atoms with Gasteiger partial charge in [-0.3, -0.25) is 4.79 Å². The molecule has 1 aromatic carbocycles. The molecular formula is C14H12N4OS. The summed E-state index contributed by atoms with van der Waals surface area (Å²) in [7, 11) is 0. The van der Waals surface area contributed by atoms with Crippen LogP contribution in [0.1, 0.15) is 4.88 Å². The molecule has 100 valence electrons. The quantitative estimate of drug-likeness (QED) is 0.719. The van der Waals surface area contributed by atoms with Gasteiger partial charge in [-0.1, -0.05) is 30.3 Å². The zero-order valence-electron chi connectivity index (χ0n) is 10.5. The zero-order chi connectivity index (χ0) is 13.9. The number of hydrogen-bond donors (Lipinski definition) is 2. The second-order valence-corrected chi connectivity index (χ2v) is 5.31. The minimum atomic E-state index is -0.273. The monoisotopic (exact) mass is 284 g/mol. The van der Waals surface area contributed by atoms with Gasteiger partial charge in [-0.15, -0.1) is 21.6 Å². The van der Waals surface area contributed by atoms with E-state index in [1.807, 2.05) is 41.8 Å². The minimum Gasteiger partial charge on any atom is -0.385 e. The molecule has 0 aliphatic heterocycles. The fraction of sp³-hybridized carbons (Fsp3) is 0.0714. The number of nitrogens with one attached hydrogen (secondary N) is 1. The smallest absolute Gasteiger partial charge is 0.269 e. The molecule has 0 bridgehead atoms. The van der Waals surface area contributed by atoms with Crippen molar-refractivity contribution in [2.45, 2.75) is 6.42 Å². The topological polar surface area (TPSA) is 83.6 Å². The van der Waals surface area contributed by atoms with Gasteiger partial charge in [0.25, 0.3) is 5.91 Å². The first-order valence-electron chi connectivity index (χ1n) is 6.07. The Balaban J connectivity index is 1.82. The molecule has 5 nitrogen and oxygen atoms in total. The number of amides is 1. The highest BCUT2D eigenvalue weighted by molar-refractivity contribution is 7.10. The van der Waals surface area contributed by atoms with Crippen LogP contribution in [0.4, 0.5) is 11.6 Å². The van der Waals surface area contributed by atoms with Crippen molar-refractivity contribution in [3.63, 3.8) is 0 Å². The average molecular weight is 284 g/mol. The summed E-state index contributed by atoms with van der Waals surface area (Å²) in [6.07, 6.45) is 0.273. The molecule has 6 heteroatoms. The van der Waals surface area contributed by atoms with Gasteiger partial charge >= 0.3 is 0 Å². The molecule has 0 saturated heterocycles. The molecule has 3 aromatic rings. The van der Waals surface area contributed by atoms with Crippen LogP contribution in [0.25, 0.3) is 10.8 Å². The molecule has 0 aliphatic rings. The highest BCUT2D eigenvalue weighted by Crippen LogP contribution is 2.30. The van der Waals surface area contributed by atoms with Gasteiger partial charge in [0.05, 0.1) is 6.42 Å². The first-order valence-corrected chi connectivity index (χ1v) is 6.95. The molecule has 20 heavy (non-hydrogen) atoms. The van der Waals surface area contributed by atoms with Crippen LogP contribution in [0.5, 0.6) is 0 Å². The fourth-order valence-electron chi connectivity index (χ4n) is 1.97. The first-order chi connectivity index (χ1) is 9.74. The van der Waals surface area contributed by atoms with Gasteiger partial charge in [-0.2, -0.15) is 0 Å². The standard InChI is InChI=1S/C14H12N4OS/c15-13-10-5-1-2-6-11(10)14(16-13)18-17-12(19)8-9-4-3-7-20-9/h1-7,16H,8,15H2. The number of rotatable bonds is 3. The van der Waals surface area contributed by atoms with Crippen molar-refractivity contribution in [3.05, 3.63) is 46.7 Å². The number of thiophene rings is 1. The molecule has 0 radical (unpaired) electrons. The largest absolute Gasteiger partial charge is 0.385 e. The maximum atomic E-state index is 11.7. The van der Waals surface area contributed by atoms with Crippen molar-refractivity contribution in [1.82, 2.24) is 4.98 Å². The molecule has 3 rings (SSSR count). The molecule has 1 amide bonds. The number of nitrogens with zero attached hydrogens (tertiary/aromatic N) is 2. The van der Waals surface area contributed by atoms with Gasteiger partial charge in [0.2, 0.25) is 0 Å². The normalized spacial score (nSPS) is 11.4. The third kappa shape index (κ3) is 2.46. The predicted molar refractivity (Wildman–Crippen MR) is 80.3 cm³/mol. The summed E-state index contributed by atoms with van der Waals surface area (Å²) in [4.78, 5) is 15.6. The predicted octanol–water partition coefficient (Wildman–Crippen LogP) is 3.66. The third-order valence-electron chi connectivity index (χ3n) is 2.89. The van der Waals surface area contributed by atoms with E-state index in [9.17, 15) is 4.79 Å². The lowest BCUT2D eigenvalue weighted by Gasteiger charge is -1.91. The van der Waals surface area contributed by atoms with Gasteiger partial charge in [-0.25, -0.2) is 0 Å². The van der Waals surface area contributed by atoms with E-state index >= 15 is 0 Å². The maximum Gasteiger partial charge on any atom is 0.269 e. The van der Waals surface area contributed by atoms with Gasteiger partial charge in [0, 0.05) is 15.6 Å². The molecule has 0 aliphatic carbocycles. The SMILES string of the molecule is Nc1[nH]c(N=NC(=O)Cc2cccs2)c2ccccc12. The number of hydrogen-bond acceptors (Lipinski definition) is 4. The van der Waals surface area contributed by atoms with Crippen LogP contribution in [0.15, 0.2) is 52.0 Å². The second kappa shape index (κ2) is 5.26. The molecular weight excluding hydrogens is 272 g/mol. The van der Waals surface area contributed by atoms with E-state index in [1.54, 1.807) is 0 Å². The van der Waals surface area contributed by atoms with Gasteiger partial charge in [-0.05, 0) is 11.4 Å². The number of nitrogen functional groups attached to an aromatic ring is 1. The van der Waals surface area contributed by atoms with Crippen LogP contribution in [-0.2, 0) is 11.2 Å². The first kappa shape index (κ1) is 12.6. The van der Waals surface area contributed by atoms with E-state index in [4.69, 9.17) is 5.73 Å². The van der Waals surface area contributed by atoms with Gasteiger partial charge in [0.1, 0.15) is 5.82 Å². The Morgan fingerprint density at radius 1 is 1.20 bits per heavy atom. The Morgan fingerprint density at radius 2 is 2.00 bits per heavy atom. The van der Waals surface area contributed by atoms with E-state index in [0.717, 1.165) is 15.6 Å². The van der Waals surface area contributed by atoms with Crippen molar-refractivity contribution < 1.29 is 4.79 Å². The Bertz CT molecular complexity index is 774. The lowest BCUT2D eigenvalue weighted by molar-refractivity contribution is -0.117. The second-order valence-electron chi connectivity index (χ2n) is 4.28. The Morgan fingerprint density at radius 3 is 2.75 bits per heavy atom. The summed E-state index contributed by atoms with van der Waals surface area (Å²) in [5.41, 5.74) is 5.85. The molecule has 0 unspecified atom stereocenters. The van der Waals surface area contributed by atoms with Crippen molar-refractivity contribution in [2.24, 2.45) is 10.2 Å². The van der Waals surface area contributed by atoms with Crippen LogP contribution in [-0.4, -0.2) is 10.9 Å². The number of fused-ring (bicyclic) bond motifs is 1.